The second-order valence-electron chi connectivity index (χ2n) is 8.73. The topological polar surface area (TPSA) is 49.4 Å². The minimum Gasteiger partial charge on any atom is -0.340 e. The van der Waals surface area contributed by atoms with Crippen LogP contribution in [0, 0.1) is 10.8 Å². The number of nitrogens with one attached hydrogen (secondary N) is 1. The predicted molar refractivity (Wildman–Crippen MR) is 83.8 cm³/mol. The van der Waals surface area contributed by atoms with Crippen molar-refractivity contribution in [3.05, 3.63) is 0 Å². The van der Waals surface area contributed by atoms with Crippen molar-refractivity contribution in [2.45, 2.75) is 78.8 Å². The van der Waals surface area contributed by atoms with Crippen molar-refractivity contribution in [3.8, 4) is 0 Å². The van der Waals surface area contributed by atoms with Gasteiger partial charge >= 0.3 is 0 Å². The molecule has 1 aliphatic heterocycles. The van der Waals surface area contributed by atoms with Crippen LogP contribution in [0.25, 0.3) is 0 Å². The SMILES string of the molecule is CCC1(C)NC(=O)CN(C2CC(C)(C)CC(C)(C)C2)C1=O. The summed E-state index contributed by atoms with van der Waals surface area (Å²) in [6.45, 7) is 13.1. The molecule has 4 heteroatoms. The lowest BCUT2D eigenvalue weighted by atomic mass is 9.63. The molecular weight excluding hydrogens is 264 g/mol. The minimum absolute atomic E-state index is 0.0277. The zero-order chi connectivity index (χ0) is 16.1. The minimum atomic E-state index is -0.735. The normalized spacial score (nSPS) is 33.0. The maximum absolute atomic E-state index is 12.9. The van der Waals surface area contributed by atoms with E-state index in [-0.39, 0.29) is 35.2 Å². The van der Waals surface area contributed by atoms with Crippen molar-refractivity contribution in [1.29, 1.82) is 0 Å². The van der Waals surface area contributed by atoms with Gasteiger partial charge in [0.2, 0.25) is 11.8 Å². The Balaban J connectivity index is 2.27. The van der Waals surface area contributed by atoms with Crippen LogP contribution >= 0.6 is 0 Å². The highest BCUT2D eigenvalue weighted by molar-refractivity contribution is 5.97. The smallest absolute Gasteiger partial charge is 0.248 e. The van der Waals surface area contributed by atoms with Gasteiger partial charge in [0.05, 0.1) is 6.54 Å². The average Bonchev–Trinajstić information content (AvgIpc) is 2.29. The third-order valence-corrected chi connectivity index (χ3v) is 5.14. The number of nitrogens with zero attached hydrogens (tertiary/aromatic N) is 1. The fourth-order valence-electron chi connectivity index (χ4n) is 4.49. The molecule has 4 nitrogen and oxygen atoms in total. The van der Waals surface area contributed by atoms with E-state index in [1.165, 1.54) is 0 Å². The van der Waals surface area contributed by atoms with E-state index in [0.29, 0.717) is 6.42 Å². The molecule has 0 aromatic heterocycles. The number of rotatable bonds is 2. The summed E-state index contributed by atoms with van der Waals surface area (Å²) in [5.74, 6) is 0.0586. The van der Waals surface area contributed by atoms with Gasteiger partial charge in [0.1, 0.15) is 5.54 Å². The van der Waals surface area contributed by atoms with Crippen LogP contribution < -0.4 is 5.32 Å². The van der Waals surface area contributed by atoms with E-state index in [2.05, 4.69) is 33.0 Å². The molecule has 1 N–H and O–H groups in total. The van der Waals surface area contributed by atoms with E-state index < -0.39 is 5.54 Å². The van der Waals surface area contributed by atoms with Gasteiger partial charge in [-0.25, -0.2) is 0 Å². The van der Waals surface area contributed by atoms with Gasteiger partial charge in [0.25, 0.3) is 0 Å². The summed E-state index contributed by atoms with van der Waals surface area (Å²) < 4.78 is 0. The van der Waals surface area contributed by atoms with Crippen molar-refractivity contribution in [3.63, 3.8) is 0 Å². The fraction of sp³-hybridized carbons (Fsp3) is 0.882. The summed E-state index contributed by atoms with van der Waals surface area (Å²) in [4.78, 5) is 26.8. The van der Waals surface area contributed by atoms with Crippen LogP contribution in [0.4, 0.5) is 0 Å². The molecule has 0 bridgehead atoms. The fourth-order valence-corrected chi connectivity index (χ4v) is 4.49. The molecule has 1 unspecified atom stereocenters. The maximum Gasteiger partial charge on any atom is 0.248 e. The molecule has 1 saturated heterocycles. The molecule has 1 heterocycles. The highest BCUT2D eigenvalue weighted by atomic mass is 16.2. The quantitative estimate of drug-likeness (QED) is 0.851. The molecule has 1 saturated carbocycles. The van der Waals surface area contributed by atoms with Crippen molar-refractivity contribution in [2.24, 2.45) is 10.8 Å². The molecule has 0 aromatic carbocycles. The van der Waals surface area contributed by atoms with E-state index >= 15 is 0 Å². The summed E-state index contributed by atoms with van der Waals surface area (Å²) >= 11 is 0. The summed E-state index contributed by atoms with van der Waals surface area (Å²) in [5.41, 5.74) is -0.312. The average molecular weight is 294 g/mol. The van der Waals surface area contributed by atoms with Gasteiger partial charge < -0.3 is 10.2 Å². The number of carbonyl (C=O) groups excluding carboxylic acids is 2. The molecule has 1 aliphatic carbocycles. The highest BCUT2D eigenvalue weighted by Gasteiger charge is 2.48. The Kier molecular flexibility index (Phi) is 3.88. The molecule has 120 valence electrons. The van der Waals surface area contributed by atoms with Gasteiger partial charge in [-0.1, -0.05) is 34.6 Å². The Morgan fingerprint density at radius 2 is 1.62 bits per heavy atom. The standard InChI is InChI=1S/C17H30N2O2/c1-7-17(6)14(21)19(10-13(20)18-17)12-8-15(2,3)11-16(4,5)9-12/h12H,7-11H2,1-6H3,(H,18,20). The number of hydrogen-bond donors (Lipinski definition) is 1. The predicted octanol–water partition coefficient (Wildman–Crippen LogP) is 2.72. The van der Waals surface area contributed by atoms with Gasteiger partial charge in [0, 0.05) is 6.04 Å². The van der Waals surface area contributed by atoms with E-state index in [9.17, 15) is 9.59 Å². The second kappa shape index (κ2) is 4.99. The van der Waals surface area contributed by atoms with Gasteiger partial charge in [-0.05, 0) is 43.4 Å². The lowest BCUT2D eigenvalue weighted by Crippen LogP contribution is -2.67. The first-order chi connectivity index (χ1) is 9.48. The van der Waals surface area contributed by atoms with Crippen LogP contribution in [0.1, 0.15) is 67.2 Å². The zero-order valence-corrected chi connectivity index (χ0v) is 14.4. The highest BCUT2D eigenvalue weighted by Crippen LogP contribution is 2.47. The summed E-state index contributed by atoms with van der Waals surface area (Å²) in [6, 6.07) is 0.174. The molecule has 0 spiro atoms. The first kappa shape index (κ1) is 16.3. The van der Waals surface area contributed by atoms with Crippen LogP contribution in [0.15, 0.2) is 0 Å². The van der Waals surface area contributed by atoms with Crippen molar-refractivity contribution >= 4 is 11.8 Å². The molecule has 2 aliphatic rings. The molecule has 1 atom stereocenters. The second-order valence-corrected chi connectivity index (χ2v) is 8.73. The molecule has 2 amide bonds. The van der Waals surface area contributed by atoms with Crippen LogP contribution in [0.3, 0.4) is 0 Å². The van der Waals surface area contributed by atoms with Gasteiger partial charge in [-0.3, -0.25) is 9.59 Å². The summed E-state index contributed by atoms with van der Waals surface area (Å²) in [7, 11) is 0. The molecule has 0 aromatic rings. The molecule has 21 heavy (non-hydrogen) atoms. The third-order valence-electron chi connectivity index (χ3n) is 5.14. The number of amides is 2. The number of piperazine rings is 1. The molecule has 2 rings (SSSR count). The van der Waals surface area contributed by atoms with Gasteiger partial charge in [-0.15, -0.1) is 0 Å². The van der Waals surface area contributed by atoms with Gasteiger partial charge in [-0.2, -0.15) is 0 Å². The van der Waals surface area contributed by atoms with Crippen molar-refractivity contribution < 1.29 is 9.59 Å². The van der Waals surface area contributed by atoms with E-state index in [0.717, 1.165) is 19.3 Å². The number of hydrogen-bond acceptors (Lipinski definition) is 2. The number of carbonyl (C=O) groups is 2. The first-order valence-electron chi connectivity index (χ1n) is 8.10. The van der Waals surface area contributed by atoms with Crippen LogP contribution in [-0.4, -0.2) is 34.8 Å². The Hall–Kier alpha value is -1.06. The van der Waals surface area contributed by atoms with Crippen LogP contribution in [-0.2, 0) is 9.59 Å². The lowest BCUT2D eigenvalue weighted by Gasteiger charge is -2.51. The Labute approximate surface area is 128 Å². The van der Waals surface area contributed by atoms with E-state index in [4.69, 9.17) is 0 Å². The Morgan fingerprint density at radius 1 is 1.10 bits per heavy atom. The van der Waals surface area contributed by atoms with E-state index in [1.54, 1.807) is 0 Å². The molecular formula is C17H30N2O2. The summed E-state index contributed by atoms with van der Waals surface area (Å²) in [5, 5.41) is 2.87. The zero-order valence-electron chi connectivity index (χ0n) is 14.4. The lowest BCUT2D eigenvalue weighted by molar-refractivity contribution is -0.154. The Bertz CT molecular complexity index is 440. The van der Waals surface area contributed by atoms with Crippen molar-refractivity contribution in [1.82, 2.24) is 10.2 Å². The summed E-state index contributed by atoms with van der Waals surface area (Å²) in [6.07, 6.45) is 3.76. The Morgan fingerprint density at radius 3 is 2.10 bits per heavy atom. The maximum atomic E-state index is 12.9. The van der Waals surface area contributed by atoms with Crippen molar-refractivity contribution in [2.75, 3.05) is 6.54 Å². The van der Waals surface area contributed by atoms with Crippen LogP contribution in [0.5, 0.6) is 0 Å². The largest absolute Gasteiger partial charge is 0.340 e. The van der Waals surface area contributed by atoms with Gasteiger partial charge in [0.15, 0.2) is 0 Å². The third kappa shape index (κ3) is 3.24. The van der Waals surface area contributed by atoms with Crippen LogP contribution in [0.2, 0.25) is 0 Å². The molecule has 2 fully saturated rings. The van der Waals surface area contributed by atoms with E-state index in [1.807, 2.05) is 18.7 Å². The monoisotopic (exact) mass is 294 g/mol. The molecule has 0 radical (unpaired) electrons. The first-order valence-corrected chi connectivity index (χ1v) is 8.10.